The Kier molecular flexibility index (Phi) is 3.64. The van der Waals surface area contributed by atoms with Crippen molar-refractivity contribution < 1.29 is 4.39 Å². The number of nitrogens with zero attached hydrogens (tertiary/aromatic N) is 1. The molecule has 0 radical (unpaired) electrons. The zero-order valence-electron chi connectivity index (χ0n) is 10.3. The normalized spacial score (nSPS) is 11.3. The molecule has 0 unspecified atom stereocenters. The van der Waals surface area contributed by atoms with Crippen molar-refractivity contribution in [2.75, 3.05) is 12.4 Å². The third-order valence-electron chi connectivity index (χ3n) is 2.84. The second-order valence-electron chi connectivity index (χ2n) is 4.38. The minimum atomic E-state index is -0.598. The molecule has 2 aromatic rings. The van der Waals surface area contributed by atoms with Gasteiger partial charge in [-0.15, -0.1) is 0 Å². The highest BCUT2D eigenvalue weighted by atomic mass is 35.5. The SMILES string of the molecule is CNc1nc2cc(Cl)c(F)c(Cl)c2cc1C(C)C. The van der Waals surface area contributed by atoms with E-state index in [1.807, 2.05) is 19.9 Å². The van der Waals surface area contributed by atoms with Crippen molar-refractivity contribution >= 4 is 39.9 Å². The van der Waals surface area contributed by atoms with E-state index in [2.05, 4.69) is 10.3 Å². The van der Waals surface area contributed by atoms with Gasteiger partial charge in [0.15, 0.2) is 5.82 Å². The number of rotatable bonds is 2. The van der Waals surface area contributed by atoms with Crippen molar-refractivity contribution in [3.63, 3.8) is 0 Å². The summed E-state index contributed by atoms with van der Waals surface area (Å²) in [6.45, 7) is 4.09. The summed E-state index contributed by atoms with van der Waals surface area (Å²) in [6, 6.07) is 3.35. The number of hydrogen-bond acceptors (Lipinski definition) is 2. The molecule has 1 aromatic carbocycles. The Balaban J connectivity index is 2.84. The van der Waals surface area contributed by atoms with Crippen molar-refractivity contribution in [2.24, 2.45) is 0 Å². The van der Waals surface area contributed by atoms with E-state index in [-0.39, 0.29) is 16.0 Å². The minimum absolute atomic E-state index is 0.0145. The molecule has 1 aromatic heterocycles. The molecule has 1 N–H and O–H groups in total. The molecule has 0 bridgehead atoms. The first kappa shape index (κ1) is 13.4. The Labute approximate surface area is 115 Å². The van der Waals surface area contributed by atoms with Crippen molar-refractivity contribution in [3.8, 4) is 0 Å². The topological polar surface area (TPSA) is 24.9 Å². The molecule has 0 amide bonds. The molecule has 96 valence electrons. The van der Waals surface area contributed by atoms with Crippen LogP contribution in [0, 0.1) is 5.82 Å². The van der Waals surface area contributed by atoms with Gasteiger partial charge in [-0.25, -0.2) is 9.37 Å². The van der Waals surface area contributed by atoms with Gasteiger partial charge >= 0.3 is 0 Å². The van der Waals surface area contributed by atoms with Gasteiger partial charge in [0.25, 0.3) is 0 Å². The predicted molar refractivity (Wildman–Crippen MR) is 75.4 cm³/mol. The molecule has 5 heteroatoms. The Morgan fingerprint density at radius 1 is 1.28 bits per heavy atom. The van der Waals surface area contributed by atoms with Crippen molar-refractivity contribution in [2.45, 2.75) is 19.8 Å². The van der Waals surface area contributed by atoms with E-state index in [9.17, 15) is 4.39 Å². The standard InChI is InChI=1S/C13H13Cl2FN2/c1-6(2)7-4-8-10(18-13(7)17-3)5-9(14)12(16)11(8)15/h4-6H,1-3H3,(H,17,18). The Morgan fingerprint density at radius 2 is 1.94 bits per heavy atom. The van der Waals surface area contributed by atoms with Gasteiger partial charge in [0.1, 0.15) is 5.82 Å². The van der Waals surface area contributed by atoms with Crippen LogP contribution in [0.25, 0.3) is 10.9 Å². The van der Waals surface area contributed by atoms with E-state index < -0.39 is 5.82 Å². The average molecular weight is 287 g/mol. The Hall–Kier alpha value is -1.06. The third kappa shape index (κ3) is 2.13. The fourth-order valence-corrected chi connectivity index (χ4v) is 2.38. The highest BCUT2D eigenvalue weighted by Crippen LogP contribution is 2.34. The van der Waals surface area contributed by atoms with Crippen molar-refractivity contribution in [3.05, 3.63) is 33.6 Å². The maximum atomic E-state index is 13.7. The second kappa shape index (κ2) is 4.90. The molecule has 0 atom stereocenters. The third-order valence-corrected chi connectivity index (χ3v) is 3.49. The zero-order chi connectivity index (χ0) is 13.4. The molecule has 0 aliphatic carbocycles. The van der Waals surface area contributed by atoms with Gasteiger partial charge in [-0.1, -0.05) is 37.0 Å². The molecule has 2 nitrogen and oxygen atoms in total. The molecule has 0 fully saturated rings. The molecule has 0 saturated heterocycles. The van der Waals surface area contributed by atoms with Gasteiger partial charge < -0.3 is 5.32 Å². The van der Waals surface area contributed by atoms with Crippen LogP contribution in [0.1, 0.15) is 25.3 Å². The van der Waals surface area contributed by atoms with E-state index in [4.69, 9.17) is 23.2 Å². The summed E-state index contributed by atoms with van der Waals surface area (Å²) in [4.78, 5) is 4.43. The molecule has 18 heavy (non-hydrogen) atoms. The van der Waals surface area contributed by atoms with Gasteiger partial charge in [0.2, 0.25) is 0 Å². The van der Waals surface area contributed by atoms with Crippen molar-refractivity contribution in [1.82, 2.24) is 4.98 Å². The number of nitrogens with one attached hydrogen (secondary N) is 1. The lowest BCUT2D eigenvalue weighted by Crippen LogP contribution is -2.01. The summed E-state index contributed by atoms with van der Waals surface area (Å²) in [6.07, 6.45) is 0. The Morgan fingerprint density at radius 3 is 2.50 bits per heavy atom. The van der Waals surface area contributed by atoms with Crippen LogP contribution >= 0.6 is 23.2 Å². The Bertz CT molecular complexity index is 612. The van der Waals surface area contributed by atoms with E-state index in [0.29, 0.717) is 10.9 Å². The van der Waals surface area contributed by atoms with Crippen LogP contribution in [0.3, 0.4) is 0 Å². The first-order valence-electron chi connectivity index (χ1n) is 5.61. The van der Waals surface area contributed by atoms with Crippen LogP contribution in [0.15, 0.2) is 12.1 Å². The molecule has 0 saturated carbocycles. The number of benzene rings is 1. The number of anilines is 1. The summed E-state index contributed by atoms with van der Waals surface area (Å²) in [7, 11) is 1.80. The maximum absolute atomic E-state index is 13.7. The number of hydrogen-bond donors (Lipinski definition) is 1. The smallest absolute Gasteiger partial charge is 0.161 e. The predicted octanol–water partition coefficient (Wildman–Crippen LogP) is 4.85. The molecule has 0 spiro atoms. The largest absolute Gasteiger partial charge is 0.373 e. The van der Waals surface area contributed by atoms with Gasteiger partial charge in [-0.3, -0.25) is 0 Å². The molecule has 1 heterocycles. The number of aromatic nitrogens is 1. The monoisotopic (exact) mass is 286 g/mol. The lowest BCUT2D eigenvalue weighted by atomic mass is 10.0. The summed E-state index contributed by atoms with van der Waals surface area (Å²) in [5.74, 6) is 0.426. The highest BCUT2D eigenvalue weighted by Gasteiger charge is 2.15. The zero-order valence-corrected chi connectivity index (χ0v) is 11.8. The molecular weight excluding hydrogens is 274 g/mol. The van der Waals surface area contributed by atoms with Crippen LogP contribution in [-0.4, -0.2) is 12.0 Å². The first-order chi connectivity index (χ1) is 8.45. The minimum Gasteiger partial charge on any atom is -0.373 e. The van der Waals surface area contributed by atoms with Gasteiger partial charge in [0, 0.05) is 12.4 Å². The highest BCUT2D eigenvalue weighted by molar-refractivity contribution is 6.38. The lowest BCUT2D eigenvalue weighted by molar-refractivity contribution is 0.630. The summed E-state index contributed by atoms with van der Waals surface area (Å²) < 4.78 is 13.7. The van der Waals surface area contributed by atoms with E-state index in [1.165, 1.54) is 6.07 Å². The summed E-state index contributed by atoms with van der Waals surface area (Å²) >= 11 is 11.8. The average Bonchev–Trinajstić information content (AvgIpc) is 2.34. The van der Waals surface area contributed by atoms with Crippen LogP contribution in [0.2, 0.25) is 10.0 Å². The maximum Gasteiger partial charge on any atom is 0.161 e. The lowest BCUT2D eigenvalue weighted by Gasteiger charge is -2.14. The molecule has 0 aliphatic heterocycles. The van der Waals surface area contributed by atoms with E-state index in [0.717, 1.165) is 11.4 Å². The summed E-state index contributed by atoms with van der Waals surface area (Å²) in [5.41, 5.74) is 1.58. The molecular formula is C13H13Cl2FN2. The van der Waals surface area contributed by atoms with Crippen molar-refractivity contribution in [1.29, 1.82) is 0 Å². The van der Waals surface area contributed by atoms with E-state index in [1.54, 1.807) is 7.05 Å². The first-order valence-corrected chi connectivity index (χ1v) is 6.37. The second-order valence-corrected chi connectivity index (χ2v) is 5.17. The number of pyridine rings is 1. The van der Waals surface area contributed by atoms with E-state index >= 15 is 0 Å². The molecule has 2 rings (SSSR count). The fraction of sp³-hybridized carbons (Fsp3) is 0.308. The quantitative estimate of drug-likeness (QED) is 0.799. The van der Waals surface area contributed by atoms with Crippen LogP contribution in [0.4, 0.5) is 10.2 Å². The van der Waals surface area contributed by atoms with Gasteiger partial charge in [-0.2, -0.15) is 0 Å². The van der Waals surface area contributed by atoms with Gasteiger partial charge in [-0.05, 0) is 23.6 Å². The fourth-order valence-electron chi connectivity index (χ4n) is 1.88. The molecule has 0 aliphatic rings. The van der Waals surface area contributed by atoms with Gasteiger partial charge in [0.05, 0.1) is 15.6 Å². The number of halogens is 3. The van der Waals surface area contributed by atoms with Crippen LogP contribution < -0.4 is 5.32 Å². The number of fused-ring (bicyclic) bond motifs is 1. The van der Waals surface area contributed by atoms with Crippen LogP contribution in [-0.2, 0) is 0 Å². The van der Waals surface area contributed by atoms with Crippen LogP contribution in [0.5, 0.6) is 0 Å². The summed E-state index contributed by atoms with van der Waals surface area (Å²) in [5, 5.41) is 3.62.